The summed E-state index contributed by atoms with van der Waals surface area (Å²) >= 11 is 12.5. The molecule has 2 heterocycles. The van der Waals surface area contributed by atoms with Crippen LogP contribution in [0.2, 0.25) is 10.0 Å². The summed E-state index contributed by atoms with van der Waals surface area (Å²) in [6, 6.07) is 9.66. The van der Waals surface area contributed by atoms with Gasteiger partial charge in [0.25, 0.3) is 0 Å². The molecular weight excluding hydrogens is 603 g/mol. The minimum atomic E-state index is -3.79. The lowest BCUT2D eigenvalue weighted by atomic mass is 9.95. The fraction of sp³-hybridized carbons (Fsp3) is 0.412. The van der Waals surface area contributed by atoms with Crippen LogP contribution >= 0.6 is 23.2 Å². The zero-order valence-corrected chi connectivity index (χ0v) is 26.9. The van der Waals surface area contributed by atoms with Crippen LogP contribution in [0.4, 0.5) is 0 Å². The maximum atomic E-state index is 13.9. The van der Waals surface area contributed by atoms with Gasteiger partial charge in [0.2, 0.25) is 0 Å². The molecule has 4 aliphatic rings. The van der Waals surface area contributed by atoms with E-state index in [0.29, 0.717) is 33.2 Å². The molecule has 2 aliphatic heterocycles. The molecule has 6 rings (SSSR count). The molecule has 0 bridgehead atoms. The summed E-state index contributed by atoms with van der Waals surface area (Å²) in [5.74, 6) is -0.208. The molecule has 9 heteroatoms. The zero-order valence-electron chi connectivity index (χ0n) is 24.6. The van der Waals surface area contributed by atoms with Gasteiger partial charge in [0.15, 0.2) is 16.5 Å². The molecule has 2 unspecified atom stereocenters. The largest absolute Gasteiger partial charge is 0.610 e. The first-order valence-corrected chi connectivity index (χ1v) is 17.4. The highest BCUT2D eigenvalue weighted by molar-refractivity contribution is 7.97. The van der Waals surface area contributed by atoms with Crippen LogP contribution in [0.5, 0.6) is 0 Å². The zero-order chi connectivity index (χ0) is 30.5. The molecule has 6 nitrogen and oxygen atoms in total. The highest BCUT2D eigenvalue weighted by Crippen LogP contribution is 2.40. The number of ketones is 2. The molecule has 0 radical (unpaired) electrons. The Bertz CT molecular complexity index is 1630. The number of rotatable bonds is 8. The molecule has 2 saturated heterocycles. The number of carbonyl (C=O) groups excluding carboxylic acids is 2. The van der Waals surface area contributed by atoms with Crippen molar-refractivity contribution in [2.45, 2.75) is 69.1 Å². The standard InChI is InChI=1S/C34H36Cl2N2O4S/c1-21-15-24(22(2)33(21)34(40)31-9-6-14-38(31)20-37-12-3-4-13-37)16-27-26-18-25(11-10-23(26)17-32(27)39)43(41,42)19-28-29(35)7-5-8-30(28)36/h5,7-8,10-11,16,18,31H,3-4,6,9,12-15,17,19-20H2,1-2H3/b27-16-. The van der Waals surface area contributed by atoms with Crippen LogP contribution in [0.3, 0.4) is 0 Å². The first-order chi connectivity index (χ1) is 20.5. The topological polar surface area (TPSA) is 80.8 Å². The van der Waals surface area contributed by atoms with Gasteiger partial charge in [-0.1, -0.05) is 40.9 Å². The van der Waals surface area contributed by atoms with Gasteiger partial charge in [0.05, 0.1) is 22.9 Å². The van der Waals surface area contributed by atoms with E-state index in [-0.39, 0.29) is 34.7 Å². The predicted molar refractivity (Wildman–Crippen MR) is 171 cm³/mol. The van der Waals surface area contributed by atoms with Crippen molar-refractivity contribution in [1.82, 2.24) is 9.80 Å². The van der Waals surface area contributed by atoms with E-state index < -0.39 is 10.2 Å². The Morgan fingerprint density at radius 1 is 1.05 bits per heavy atom. The second kappa shape index (κ2) is 12.2. The third-order valence-electron chi connectivity index (χ3n) is 9.33. The van der Waals surface area contributed by atoms with Crippen LogP contribution in [0.15, 0.2) is 69.7 Å². The Hall–Kier alpha value is -2.39. The summed E-state index contributed by atoms with van der Waals surface area (Å²) in [4.78, 5) is 32.0. The summed E-state index contributed by atoms with van der Waals surface area (Å²) < 4.78 is 26.9. The summed E-state index contributed by atoms with van der Waals surface area (Å²) in [5, 5.41) is 0.586. The van der Waals surface area contributed by atoms with Gasteiger partial charge >= 0.3 is 0 Å². The summed E-state index contributed by atoms with van der Waals surface area (Å²) in [7, 11) is -3.79. The summed E-state index contributed by atoms with van der Waals surface area (Å²) in [5.41, 5.74) is 5.96. The van der Waals surface area contributed by atoms with E-state index in [1.54, 1.807) is 36.4 Å². The van der Waals surface area contributed by atoms with Crippen LogP contribution in [0.25, 0.3) is 5.57 Å². The molecular formula is C34H36Cl2N2O4S. The molecule has 2 aliphatic carbocycles. The SMILES string of the molecule is CC1=C(C(=O)C2CCCN2CN2CCCC2)C(C)=C(/C=C2\C(=O)Cc3ccc([S+](=O)([O-])Cc4c(Cl)cccc4Cl)cc32)C1. The van der Waals surface area contributed by atoms with Gasteiger partial charge in [-0.15, -0.1) is 4.21 Å². The Balaban J connectivity index is 1.27. The number of benzene rings is 2. The minimum Gasteiger partial charge on any atom is -0.610 e. The lowest BCUT2D eigenvalue weighted by molar-refractivity contribution is -0.120. The van der Waals surface area contributed by atoms with E-state index in [4.69, 9.17) is 23.2 Å². The number of Topliss-reactive ketones (excluding diaryl/α,β-unsaturated/α-hetero) is 2. The van der Waals surface area contributed by atoms with Crippen molar-refractivity contribution in [2.75, 3.05) is 26.3 Å². The Kier molecular flexibility index (Phi) is 8.68. The fourth-order valence-electron chi connectivity index (χ4n) is 7.03. The van der Waals surface area contributed by atoms with Crippen molar-refractivity contribution >= 4 is 50.6 Å². The van der Waals surface area contributed by atoms with E-state index in [2.05, 4.69) is 9.80 Å². The van der Waals surface area contributed by atoms with E-state index in [1.165, 1.54) is 12.8 Å². The number of sulfone groups is 1. The number of allylic oxidation sites excluding steroid dienone is 5. The van der Waals surface area contributed by atoms with Gasteiger partial charge in [0, 0.05) is 45.8 Å². The maximum Gasteiger partial charge on any atom is 0.180 e. The molecule has 2 fully saturated rings. The average Bonchev–Trinajstić information content (AvgIpc) is 3.75. The van der Waals surface area contributed by atoms with Crippen LogP contribution in [-0.2, 0) is 36.2 Å². The van der Waals surface area contributed by atoms with Crippen LogP contribution in [-0.4, -0.2) is 58.3 Å². The lowest BCUT2D eigenvalue weighted by Crippen LogP contribution is -2.43. The highest BCUT2D eigenvalue weighted by atomic mass is 35.5. The van der Waals surface area contributed by atoms with Crippen molar-refractivity contribution in [3.63, 3.8) is 0 Å². The van der Waals surface area contributed by atoms with E-state index in [9.17, 15) is 18.4 Å². The second-order valence-electron chi connectivity index (χ2n) is 12.2. The Labute approximate surface area is 264 Å². The molecule has 226 valence electrons. The number of halogens is 2. The second-order valence-corrected chi connectivity index (χ2v) is 15.0. The molecule has 0 aromatic heterocycles. The van der Waals surface area contributed by atoms with Gasteiger partial charge in [-0.2, -0.15) is 0 Å². The van der Waals surface area contributed by atoms with Gasteiger partial charge in [-0.3, -0.25) is 19.4 Å². The number of fused-ring (bicyclic) bond motifs is 1. The van der Waals surface area contributed by atoms with Gasteiger partial charge in [-0.25, -0.2) is 0 Å². The third-order valence-corrected chi connectivity index (χ3v) is 11.7. The van der Waals surface area contributed by atoms with E-state index in [1.807, 2.05) is 19.9 Å². The molecule has 0 spiro atoms. The van der Waals surface area contributed by atoms with Crippen molar-refractivity contribution < 1.29 is 18.4 Å². The lowest BCUT2D eigenvalue weighted by Gasteiger charge is -2.28. The number of likely N-dealkylation sites (tertiary alicyclic amines) is 2. The maximum absolute atomic E-state index is 13.9. The monoisotopic (exact) mass is 638 g/mol. The van der Waals surface area contributed by atoms with Crippen LogP contribution in [0, 0.1) is 0 Å². The number of hydrogen-bond donors (Lipinski definition) is 0. The van der Waals surface area contributed by atoms with Gasteiger partial charge < -0.3 is 4.55 Å². The van der Waals surface area contributed by atoms with Gasteiger partial charge in [0.1, 0.15) is 5.75 Å². The van der Waals surface area contributed by atoms with Crippen molar-refractivity contribution in [3.8, 4) is 0 Å². The van der Waals surface area contributed by atoms with E-state index in [0.717, 1.165) is 67.0 Å². The Morgan fingerprint density at radius 3 is 2.49 bits per heavy atom. The van der Waals surface area contributed by atoms with Crippen LogP contribution < -0.4 is 0 Å². The minimum absolute atomic E-state index is 0.0518. The molecule has 0 N–H and O–H groups in total. The van der Waals surface area contributed by atoms with Crippen molar-refractivity contribution in [3.05, 3.63) is 91.5 Å². The van der Waals surface area contributed by atoms with Crippen molar-refractivity contribution in [1.29, 1.82) is 0 Å². The smallest absolute Gasteiger partial charge is 0.180 e. The molecule has 2 aromatic rings. The van der Waals surface area contributed by atoms with Crippen molar-refractivity contribution in [2.24, 2.45) is 0 Å². The summed E-state index contributed by atoms with van der Waals surface area (Å²) in [6.45, 7) is 7.98. The molecule has 43 heavy (non-hydrogen) atoms. The number of carbonyl (C=O) groups is 2. The molecule has 0 amide bonds. The number of hydrogen-bond acceptors (Lipinski definition) is 6. The molecule has 2 aromatic carbocycles. The van der Waals surface area contributed by atoms with E-state index >= 15 is 0 Å². The Morgan fingerprint density at radius 2 is 1.77 bits per heavy atom. The molecule has 0 saturated carbocycles. The number of nitrogens with zero attached hydrogens (tertiary/aromatic N) is 2. The average molecular weight is 640 g/mol. The first kappa shape index (κ1) is 30.6. The quantitative estimate of drug-likeness (QED) is 0.233. The summed E-state index contributed by atoms with van der Waals surface area (Å²) in [6.07, 6.45) is 7.04. The highest BCUT2D eigenvalue weighted by Gasteiger charge is 2.37. The molecule has 2 atom stereocenters. The van der Waals surface area contributed by atoms with Crippen LogP contribution in [0.1, 0.15) is 62.6 Å². The fourth-order valence-corrected chi connectivity index (χ4v) is 9.15. The first-order valence-electron chi connectivity index (χ1n) is 15.0. The third kappa shape index (κ3) is 6.00. The van der Waals surface area contributed by atoms with Gasteiger partial charge in [-0.05, 0) is 106 Å². The predicted octanol–water partition coefficient (Wildman–Crippen LogP) is 6.81. The normalized spacial score (nSPS) is 23.6.